The molecule has 0 fully saturated rings. The molecule has 0 saturated heterocycles. The summed E-state index contributed by atoms with van der Waals surface area (Å²) in [6.45, 7) is 6.47. The van der Waals surface area contributed by atoms with Crippen LogP contribution < -0.4 is 0 Å². The molecule has 0 amide bonds. The first kappa shape index (κ1) is 71.4. The summed E-state index contributed by atoms with van der Waals surface area (Å²) in [6.07, 6.45) is 79.2. The first-order valence-corrected chi connectivity index (χ1v) is 32.6. The van der Waals surface area contributed by atoms with Crippen LogP contribution in [0, 0.1) is 0 Å². The number of allylic oxidation sites excluding steroid dienone is 8. The summed E-state index contributed by atoms with van der Waals surface area (Å²) in [5.41, 5.74) is 0. The van der Waals surface area contributed by atoms with Gasteiger partial charge in [0.05, 0.1) is 0 Å². The molecule has 0 spiro atoms. The average Bonchev–Trinajstić information content (AvgIpc) is 3.40. The highest BCUT2D eigenvalue weighted by atomic mass is 16.6. The third-order valence-corrected chi connectivity index (χ3v) is 14.6. The van der Waals surface area contributed by atoms with Gasteiger partial charge in [-0.25, -0.2) is 0 Å². The van der Waals surface area contributed by atoms with Gasteiger partial charge in [0.1, 0.15) is 13.2 Å². The number of ether oxygens (including phenoxy) is 3. The summed E-state index contributed by atoms with van der Waals surface area (Å²) >= 11 is 0. The topological polar surface area (TPSA) is 78.9 Å². The third kappa shape index (κ3) is 60.2. The van der Waals surface area contributed by atoms with Crippen molar-refractivity contribution in [2.24, 2.45) is 0 Å². The summed E-state index contributed by atoms with van der Waals surface area (Å²) in [6, 6.07) is 0. The second kappa shape index (κ2) is 62.9. The Bertz CT molecular complexity index is 1280. The van der Waals surface area contributed by atoms with E-state index in [-0.39, 0.29) is 37.5 Å². The molecule has 1 atom stereocenters. The summed E-state index contributed by atoms with van der Waals surface area (Å²) < 4.78 is 16.7. The minimum absolute atomic E-state index is 0.0979. The Morgan fingerprint density at radius 3 is 0.797 bits per heavy atom. The van der Waals surface area contributed by atoms with Gasteiger partial charge >= 0.3 is 17.9 Å². The molecule has 1 unspecified atom stereocenters. The van der Waals surface area contributed by atoms with Crippen molar-refractivity contribution in [2.75, 3.05) is 13.2 Å². The minimum Gasteiger partial charge on any atom is -0.462 e. The fraction of sp³-hybridized carbons (Fsp3) is 0.838. The van der Waals surface area contributed by atoms with Crippen molar-refractivity contribution in [3.8, 4) is 0 Å². The normalized spacial score (nSPS) is 12.3. The van der Waals surface area contributed by atoms with Crippen LogP contribution in [-0.4, -0.2) is 37.2 Å². The molecule has 0 bridgehead atoms. The largest absolute Gasteiger partial charge is 0.462 e. The molecule has 0 saturated carbocycles. The van der Waals surface area contributed by atoms with Crippen molar-refractivity contribution in [3.05, 3.63) is 48.6 Å². The third-order valence-electron chi connectivity index (χ3n) is 14.6. The van der Waals surface area contributed by atoms with Crippen LogP contribution in [0.5, 0.6) is 0 Å². The van der Waals surface area contributed by atoms with Crippen molar-refractivity contribution in [2.45, 2.75) is 354 Å². The molecule has 0 N–H and O–H groups in total. The van der Waals surface area contributed by atoms with Crippen molar-refractivity contribution >= 4 is 17.9 Å². The number of hydrogen-bond acceptors (Lipinski definition) is 6. The van der Waals surface area contributed by atoms with E-state index in [0.717, 1.165) is 64.2 Å². The van der Waals surface area contributed by atoms with Gasteiger partial charge in [0.2, 0.25) is 0 Å². The van der Waals surface area contributed by atoms with E-state index in [9.17, 15) is 14.4 Å². The van der Waals surface area contributed by atoms with Gasteiger partial charge in [-0.05, 0) is 44.9 Å². The quantitative estimate of drug-likeness (QED) is 0.0261. The first-order valence-electron chi connectivity index (χ1n) is 32.6. The van der Waals surface area contributed by atoms with E-state index in [2.05, 4.69) is 63.3 Å². The van der Waals surface area contributed by atoms with E-state index in [1.165, 1.54) is 238 Å². The number of unbranched alkanes of at least 4 members (excludes halogenated alkanes) is 41. The fourth-order valence-corrected chi connectivity index (χ4v) is 9.76. The Hall–Kier alpha value is -2.63. The molecule has 74 heavy (non-hydrogen) atoms. The number of rotatable bonds is 60. The maximum Gasteiger partial charge on any atom is 0.306 e. The number of hydrogen-bond donors (Lipinski definition) is 0. The lowest BCUT2D eigenvalue weighted by Gasteiger charge is -2.18. The molecule has 0 heterocycles. The van der Waals surface area contributed by atoms with Gasteiger partial charge < -0.3 is 14.2 Å². The van der Waals surface area contributed by atoms with E-state index in [0.29, 0.717) is 19.3 Å². The van der Waals surface area contributed by atoms with Crippen LogP contribution in [0.2, 0.25) is 0 Å². The average molecular weight is 1040 g/mol. The van der Waals surface area contributed by atoms with Crippen molar-refractivity contribution in [3.63, 3.8) is 0 Å². The highest BCUT2D eigenvalue weighted by Crippen LogP contribution is 2.18. The molecule has 0 aliphatic carbocycles. The molecule has 6 nitrogen and oxygen atoms in total. The van der Waals surface area contributed by atoms with Crippen LogP contribution in [0.1, 0.15) is 348 Å². The van der Waals surface area contributed by atoms with Gasteiger partial charge in [0, 0.05) is 19.3 Å². The SMILES string of the molecule is CC/C=C\C/C=C\C/C=C\C/C=C\CCC(=O)OC(COC(=O)CCCCCCCCCC)COC(=O)CCCCCCCCCCCCCCCCCCCCCCCCCCCCCCCCCCCCC. The lowest BCUT2D eigenvalue weighted by Crippen LogP contribution is -2.30. The Morgan fingerprint density at radius 1 is 0.284 bits per heavy atom. The fourth-order valence-electron chi connectivity index (χ4n) is 9.76. The Morgan fingerprint density at radius 2 is 0.527 bits per heavy atom. The Balaban J connectivity index is 3.93. The summed E-state index contributed by atoms with van der Waals surface area (Å²) in [4.78, 5) is 37.9. The molecule has 0 radical (unpaired) electrons. The van der Waals surface area contributed by atoms with Gasteiger partial charge in [-0.1, -0.05) is 333 Å². The van der Waals surface area contributed by atoms with Gasteiger partial charge in [0.15, 0.2) is 6.10 Å². The summed E-state index contributed by atoms with van der Waals surface area (Å²) in [5, 5.41) is 0. The monoisotopic (exact) mass is 1040 g/mol. The van der Waals surface area contributed by atoms with Crippen LogP contribution in [-0.2, 0) is 28.6 Å². The summed E-state index contributed by atoms with van der Waals surface area (Å²) in [5.74, 6) is -0.971. The predicted molar refractivity (Wildman–Crippen MR) is 321 cm³/mol. The molecular formula is C68H124O6. The lowest BCUT2D eigenvalue weighted by atomic mass is 10.0. The zero-order chi connectivity index (χ0) is 53.6. The van der Waals surface area contributed by atoms with Gasteiger partial charge in [-0.2, -0.15) is 0 Å². The lowest BCUT2D eigenvalue weighted by molar-refractivity contribution is -0.166. The van der Waals surface area contributed by atoms with Crippen LogP contribution in [0.25, 0.3) is 0 Å². The predicted octanol–water partition coefficient (Wildman–Crippen LogP) is 22.2. The second-order valence-electron chi connectivity index (χ2n) is 22.0. The van der Waals surface area contributed by atoms with Crippen LogP contribution in [0.3, 0.4) is 0 Å². The maximum atomic E-state index is 12.7. The van der Waals surface area contributed by atoms with E-state index in [1.54, 1.807) is 0 Å². The molecular weight excluding hydrogens is 913 g/mol. The molecule has 0 aliphatic heterocycles. The smallest absolute Gasteiger partial charge is 0.306 e. The van der Waals surface area contributed by atoms with Crippen LogP contribution in [0.4, 0.5) is 0 Å². The second-order valence-corrected chi connectivity index (χ2v) is 22.0. The highest BCUT2D eigenvalue weighted by molar-refractivity contribution is 5.71. The standard InChI is InChI=1S/C68H124O6/c1-4-7-10-13-16-19-21-23-24-25-26-27-28-29-30-31-32-33-34-35-36-37-38-39-40-41-42-43-44-46-47-49-52-55-58-61-67(70)73-64-65(63-72-66(69)60-57-54-51-18-15-12-9-6-3)74-68(71)62-59-56-53-50-48-45-22-20-17-14-11-8-5-2/h8,11,17,20,45,48,53,56,65H,4-7,9-10,12-16,18-19,21-44,46-47,49-52,54-55,57-64H2,1-3H3/b11-8-,20-17-,48-45-,56-53-. The van der Waals surface area contributed by atoms with E-state index in [4.69, 9.17) is 14.2 Å². The van der Waals surface area contributed by atoms with E-state index >= 15 is 0 Å². The molecule has 0 aromatic rings. The van der Waals surface area contributed by atoms with Crippen LogP contribution >= 0.6 is 0 Å². The zero-order valence-electron chi connectivity index (χ0n) is 49.6. The Labute approximate surface area is 460 Å². The van der Waals surface area contributed by atoms with Gasteiger partial charge in [-0.15, -0.1) is 0 Å². The molecule has 0 aliphatic rings. The van der Waals surface area contributed by atoms with E-state index in [1.807, 2.05) is 6.08 Å². The molecule has 0 aromatic heterocycles. The maximum absolute atomic E-state index is 12.7. The number of carbonyl (C=O) groups excluding carboxylic acids is 3. The van der Waals surface area contributed by atoms with Crippen molar-refractivity contribution in [1.29, 1.82) is 0 Å². The van der Waals surface area contributed by atoms with E-state index < -0.39 is 6.10 Å². The zero-order valence-corrected chi connectivity index (χ0v) is 49.6. The van der Waals surface area contributed by atoms with Gasteiger partial charge in [0.25, 0.3) is 0 Å². The van der Waals surface area contributed by atoms with Crippen molar-refractivity contribution in [1.82, 2.24) is 0 Å². The first-order chi connectivity index (χ1) is 36.5. The minimum atomic E-state index is -0.806. The molecule has 432 valence electrons. The molecule has 6 heteroatoms. The number of carbonyl (C=O) groups is 3. The van der Waals surface area contributed by atoms with Gasteiger partial charge in [-0.3, -0.25) is 14.4 Å². The molecule has 0 aromatic carbocycles. The molecule has 0 rings (SSSR count). The highest BCUT2D eigenvalue weighted by Gasteiger charge is 2.19. The number of esters is 3. The van der Waals surface area contributed by atoms with Crippen LogP contribution in [0.15, 0.2) is 48.6 Å². The van der Waals surface area contributed by atoms with Crippen molar-refractivity contribution < 1.29 is 28.6 Å². The summed E-state index contributed by atoms with van der Waals surface area (Å²) in [7, 11) is 0. The Kier molecular flexibility index (Phi) is 60.7.